The smallest absolute Gasteiger partial charge is 0.203 e. The maximum Gasteiger partial charge on any atom is 0.203 e. The van der Waals surface area contributed by atoms with Crippen molar-refractivity contribution in [1.82, 2.24) is 19.9 Å². The van der Waals surface area contributed by atoms with E-state index in [1.165, 1.54) is 0 Å². The number of nitrogens with zero attached hydrogens (tertiary/aromatic N) is 4. The van der Waals surface area contributed by atoms with Gasteiger partial charge in [0.1, 0.15) is 5.82 Å². The van der Waals surface area contributed by atoms with Crippen LogP contribution in [-0.4, -0.2) is 63.1 Å². The molecule has 8 heteroatoms. The van der Waals surface area contributed by atoms with E-state index in [1.807, 2.05) is 38.5 Å². The normalized spacial score (nSPS) is 10.9. The Bertz CT molecular complexity index is 900. The van der Waals surface area contributed by atoms with Crippen LogP contribution in [0, 0.1) is 0 Å². The Morgan fingerprint density at radius 2 is 1.81 bits per heavy atom. The van der Waals surface area contributed by atoms with E-state index in [4.69, 9.17) is 19.2 Å². The Hall–Kier alpha value is -3.00. The molecule has 0 amide bonds. The summed E-state index contributed by atoms with van der Waals surface area (Å²) in [5.41, 5.74) is 2.54. The summed E-state index contributed by atoms with van der Waals surface area (Å²) in [6.07, 6.45) is 3.70. The first-order valence-electron chi connectivity index (χ1n) is 8.63. The Morgan fingerprint density at radius 1 is 1.11 bits per heavy atom. The molecule has 8 nitrogen and oxygen atoms in total. The molecular formula is C19H25N5O3. The van der Waals surface area contributed by atoms with Gasteiger partial charge in [0.05, 0.1) is 27.5 Å². The lowest BCUT2D eigenvalue weighted by molar-refractivity contribution is 0.324. The summed E-state index contributed by atoms with van der Waals surface area (Å²) in [5, 5.41) is 7.57. The Balaban J connectivity index is 2.09. The third-order valence-electron chi connectivity index (χ3n) is 4.42. The van der Waals surface area contributed by atoms with Crippen LogP contribution < -0.4 is 24.4 Å². The van der Waals surface area contributed by atoms with E-state index in [0.29, 0.717) is 17.2 Å². The fraction of sp³-hybridized carbons (Fsp3) is 0.368. The number of likely N-dealkylation sites (N-methyl/N-ethyl adjacent to an activating group) is 2. The van der Waals surface area contributed by atoms with Crippen LogP contribution in [0.5, 0.6) is 17.2 Å². The number of nitrogens with one attached hydrogen (secondary N) is 1. The summed E-state index contributed by atoms with van der Waals surface area (Å²) in [6, 6.07) is 5.75. The molecule has 144 valence electrons. The predicted octanol–water partition coefficient (Wildman–Crippen LogP) is 2.08. The van der Waals surface area contributed by atoms with E-state index >= 15 is 0 Å². The second-order valence-corrected chi connectivity index (χ2v) is 6.05. The lowest BCUT2D eigenvalue weighted by Crippen LogP contribution is -2.27. The highest BCUT2D eigenvalue weighted by Crippen LogP contribution is 2.41. The zero-order chi connectivity index (χ0) is 19.4. The van der Waals surface area contributed by atoms with Gasteiger partial charge in [-0.2, -0.15) is 5.10 Å². The molecule has 3 rings (SSSR count). The monoisotopic (exact) mass is 371 g/mol. The first-order valence-corrected chi connectivity index (χ1v) is 8.63. The largest absolute Gasteiger partial charge is 0.493 e. The molecule has 0 aliphatic heterocycles. The Labute approximate surface area is 158 Å². The molecule has 27 heavy (non-hydrogen) atoms. The Kier molecular flexibility index (Phi) is 5.66. The molecule has 0 atom stereocenters. The van der Waals surface area contributed by atoms with Gasteiger partial charge in [-0.1, -0.05) is 0 Å². The van der Waals surface area contributed by atoms with Crippen LogP contribution in [-0.2, 0) is 0 Å². The van der Waals surface area contributed by atoms with Crippen molar-refractivity contribution in [2.24, 2.45) is 0 Å². The van der Waals surface area contributed by atoms with Crippen molar-refractivity contribution in [1.29, 1.82) is 0 Å². The summed E-state index contributed by atoms with van der Waals surface area (Å²) >= 11 is 0. The molecule has 0 bridgehead atoms. The van der Waals surface area contributed by atoms with Gasteiger partial charge in [-0.25, -0.2) is 9.50 Å². The van der Waals surface area contributed by atoms with Crippen LogP contribution in [0.25, 0.3) is 16.8 Å². The molecule has 2 heterocycles. The average Bonchev–Trinajstić information content (AvgIpc) is 3.13. The third-order valence-corrected chi connectivity index (χ3v) is 4.42. The number of anilines is 1. The molecule has 0 aliphatic rings. The maximum absolute atomic E-state index is 5.47. The number of hydrogen-bond acceptors (Lipinski definition) is 7. The molecule has 0 spiro atoms. The van der Waals surface area contributed by atoms with Crippen LogP contribution in [0.4, 0.5) is 5.82 Å². The minimum Gasteiger partial charge on any atom is -0.493 e. The quantitative estimate of drug-likeness (QED) is 0.650. The van der Waals surface area contributed by atoms with Crippen molar-refractivity contribution in [2.75, 3.05) is 53.4 Å². The van der Waals surface area contributed by atoms with E-state index in [0.717, 1.165) is 35.7 Å². The van der Waals surface area contributed by atoms with Crippen LogP contribution in [0.3, 0.4) is 0 Å². The molecule has 0 saturated carbocycles. The summed E-state index contributed by atoms with van der Waals surface area (Å²) in [4.78, 5) is 6.90. The first-order chi connectivity index (χ1) is 13.1. The number of fused-ring (bicyclic) bond motifs is 1. The first kappa shape index (κ1) is 18.8. The van der Waals surface area contributed by atoms with Crippen molar-refractivity contribution in [3.63, 3.8) is 0 Å². The van der Waals surface area contributed by atoms with Gasteiger partial charge in [0.15, 0.2) is 17.1 Å². The van der Waals surface area contributed by atoms with E-state index in [2.05, 4.69) is 15.3 Å². The van der Waals surface area contributed by atoms with E-state index in [-0.39, 0.29) is 0 Å². The highest BCUT2D eigenvalue weighted by atomic mass is 16.5. The molecule has 0 unspecified atom stereocenters. The molecule has 1 aromatic carbocycles. The number of rotatable bonds is 8. The lowest BCUT2D eigenvalue weighted by Gasteiger charge is -2.18. The molecule has 2 aromatic heterocycles. The Morgan fingerprint density at radius 3 is 2.41 bits per heavy atom. The van der Waals surface area contributed by atoms with Gasteiger partial charge >= 0.3 is 0 Å². The third kappa shape index (κ3) is 3.61. The van der Waals surface area contributed by atoms with Crippen molar-refractivity contribution in [2.45, 2.75) is 0 Å². The van der Waals surface area contributed by atoms with E-state index in [9.17, 15) is 0 Å². The van der Waals surface area contributed by atoms with Gasteiger partial charge in [-0.15, -0.1) is 0 Å². The predicted molar refractivity (Wildman–Crippen MR) is 105 cm³/mol. The van der Waals surface area contributed by atoms with Gasteiger partial charge in [0.25, 0.3) is 0 Å². The molecule has 1 N–H and O–H groups in total. The topological polar surface area (TPSA) is 73.2 Å². The fourth-order valence-corrected chi connectivity index (χ4v) is 2.91. The van der Waals surface area contributed by atoms with Crippen LogP contribution >= 0.6 is 0 Å². The average molecular weight is 371 g/mol. The van der Waals surface area contributed by atoms with Gasteiger partial charge in [0, 0.05) is 31.9 Å². The van der Waals surface area contributed by atoms with Crippen molar-refractivity contribution >= 4 is 11.5 Å². The van der Waals surface area contributed by atoms with Gasteiger partial charge < -0.3 is 24.4 Å². The highest BCUT2D eigenvalue weighted by molar-refractivity contribution is 5.80. The lowest BCUT2D eigenvalue weighted by atomic mass is 10.1. The van der Waals surface area contributed by atoms with Crippen molar-refractivity contribution in [3.8, 4) is 28.4 Å². The van der Waals surface area contributed by atoms with Gasteiger partial charge in [0.2, 0.25) is 5.75 Å². The van der Waals surface area contributed by atoms with E-state index in [1.54, 1.807) is 32.0 Å². The number of aromatic nitrogens is 3. The van der Waals surface area contributed by atoms with Crippen molar-refractivity contribution < 1.29 is 14.2 Å². The highest BCUT2D eigenvalue weighted by Gasteiger charge is 2.17. The minimum absolute atomic E-state index is 0.556. The molecule has 0 saturated heterocycles. The zero-order valence-corrected chi connectivity index (χ0v) is 16.3. The molecule has 0 aliphatic carbocycles. The van der Waals surface area contributed by atoms with Crippen LogP contribution in [0.1, 0.15) is 0 Å². The summed E-state index contributed by atoms with van der Waals surface area (Å²) in [7, 11) is 8.74. The van der Waals surface area contributed by atoms with E-state index < -0.39 is 0 Å². The molecular weight excluding hydrogens is 346 g/mol. The zero-order valence-electron chi connectivity index (χ0n) is 16.3. The summed E-state index contributed by atoms with van der Waals surface area (Å²) < 4.78 is 18.1. The number of ether oxygens (including phenoxy) is 3. The fourth-order valence-electron chi connectivity index (χ4n) is 2.91. The second kappa shape index (κ2) is 8.13. The maximum atomic E-state index is 5.47. The second-order valence-electron chi connectivity index (χ2n) is 6.05. The van der Waals surface area contributed by atoms with Gasteiger partial charge in [-0.05, 0) is 30.8 Å². The van der Waals surface area contributed by atoms with Crippen molar-refractivity contribution in [3.05, 3.63) is 30.6 Å². The molecule has 0 radical (unpaired) electrons. The molecule has 0 fully saturated rings. The number of hydrogen-bond donors (Lipinski definition) is 1. The molecule has 3 aromatic rings. The van der Waals surface area contributed by atoms with Crippen LogP contribution in [0.15, 0.2) is 30.6 Å². The number of methoxy groups -OCH3 is 3. The SMILES string of the molecule is CNCCN(C)c1ccn2ncc(-c3cc(OC)c(OC)c(OC)c3)c2n1. The summed E-state index contributed by atoms with van der Waals surface area (Å²) in [5.74, 6) is 2.62. The standard InChI is InChI=1S/C19H25N5O3/c1-20-7-9-23(2)17-6-8-24-19(22-17)14(12-21-24)13-10-15(25-3)18(27-5)16(11-13)26-4/h6,8,10-12,20H,7,9H2,1-5H3. The minimum atomic E-state index is 0.556. The van der Waals surface area contributed by atoms with Crippen LogP contribution in [0.2, 0.25) is 0 Å². The van der Waals surface area contributed by atoms with Gasteiger partial charge in [-0.3, -0.25) is 0 Å². The number of benzene rings is 1. The summed E-state index contributed by atoms with van der Waals surface area (Å²) in [6.45, 7) is 1.73.